The molecule has 1 atom stereocenters. The average Bonchev–Trinajstić information content (AvgIpc) is 2.65. The molecule has 1 aliphatic heterocycles. The van der Waals surface area contributed by atoms with E-state index in [1.165, 1.54) is 0 Å². The van der Waals surface area contributed by atoms with Crippen LogP contribution in [0.5, 0.6) is 11.5 Å². The molecule has 2 aliphatic rings. The molecule has 6 heteroatoms. The molecule has 0 fully saturated rings. The third-order valence-electron chi connectivity index (χ3n) is 5.49. The van der Waals surface area contributed by atoms with Gasteiger partial charge >= 0.3 is 5.97 Å². The molecule has 1 N–H and O–H groups in total. The summed E-state index contributed by atoms with van der Waals surface area (Å²) in [6.07, 6.45) is 1.16. The lowest BCUT2D eigenvalue weighted by atomic mass is 9.68. The van der Waals surface area contributed by atoms with Crippen LogP contribution in [0.1, 0.15) is 52.0 Å². The molecule has 1 aromatic rings. The lowest BCUT2D eigenvalue weighted by Gasteiger charge is -2.39. The molecule has 156 valence electrons. The second-order valence-corrected chi connectivity index (χ2v) is 8.26. The Labute approximate surface area is 171 Å². The van der Waals surface area contributed by atoms with E-state index < -0.39 is 11.9 Å². The number of ketones is 1. The molecular formula is C23H29NO5. The fourth-order valence-electron chi connectivity index (χ4n) is 4.28. The molecule has 6 nitrogen and oxygen atoms in total. The van der Waals surface area contributed by atoms with Gasteiger partial charge in [0.25, 0.3) is 0 Å². The summed E-state index contributed by atoms with van der Waals surface area (Å²) in [6, 6.07) is 5.44. The van der Waals surface area contributed by atoms with Gasteiger partial charge in [-0.05, 0) is 31.7 Å². The zero-order valence-corrected chi connectivity index (χ0v) is 18.0. The zero-order chi connectivity index (χ0) is 21.3. The quantitative estimate of drug-likeness (QED) is 0.758. The van der Waals surface area contributed by atoms with E-state index >= 15 is 0 Å². The van der Waals surface area contributed by atoms with Crippen LogP contribution in [0.4, 0.5) is 0 Å². The van der Waals surface area contributed by atoms with Crippen LogP contribution in [-0.4, -0.2) is 32.6 Å². The van der Waals surface area contributed by atoms with Crippen molar-refractivity contribution in [3.8, 4) is 11.5 Å². The smallest absolute Gasteiger partial charge is 0.336 e. The van der Waals surface area contributed by atoms with Crippen LogP contribution in [0.3, 0.4) is 0 Å². The van der Waals surface area contributed by atoms with Crippen LogP contribution < -0.4 is 14.8 Å². The number of dihydropyridines is 1. The third kappa shape index (κ3) is 3.88. The molecule has 1 aromatic carbocycles. The lowest BCUT2D eigenvalue weighted by molar-refractivity contribution is -0.138. The van der Waals surface area contributed by atoms with Gasteiger partial charge in [-0.2, -0.15) is 0 Å². The lowest BCUT2D eigenvalue weighted by Crippen LogP contribution is -2.38. The minimum Gasteiger partial charge on any atom is -0.497 e. The van der Waals surface area contributed by atoms with Crippen LogP contribution >= 0.6 is 0 Å². The first-order valence-corrected chi connectivity index (χ1v) is 9.85. The number of benzene rings is 1. The third-order valence-corrected chi connectivity index (χ3v) is 5.49. The Morgan fingerprint density at radius 1 is 1.21 bits per heavy atom. The van der Waals surface area contributed by atoms with Gasteiger partial charge in [0.2, 0.25) is 0 Å². The van der Waals surface area contributed by atoms with Crippen molar-refractivity contribution in [2.75, 3.05) is 20.8 Å². The van der Waals surface area contributed by atoms with Crippen LogP contribution in [-0.2, 0) is 14.3 Å². The van der Waals surface area contributed by atoms with Crippen LogP contribution in [0.2, 0.25) is 0 Å². The van der Waals surface area contributed by atoms with Crippen LogP contribution in [0.15, 0.2) is 40.7 Å². The first kappa shape index (κ1) is 21.0. The highest BCUT2D eigenvalue weighted by Crippen LogP contribution is 2.49. The first-order valence-electron chi connectivity index (χ1n) is 9.85. The van der Waals surface area contributed by atoms with Gasteiger partial charge in [-0.25, -0.2) is 4.79 Å². The van der Waals surface area contributed by atoms with Crippen molar-refractivity contribution in [3.05, 3.63) is 46.3 Å². The van der Waals surface area contributed by atoms with Crippen molar-refractivity contribution >= 4 is 11.8 Å². The molecule has 0 saturated carbocycles. The van der Waals surface area contributed by atoms with Gasteiger partial charge in [-0.3, -0.25) is 4.79 Å². The maximum absolute atomic E-state index is 13.2. The Morgan fingerprint density at radius 3 is 2.55 bits per heavy atom. The molecule has 0 amide bonds. The van der Waals surface area contributed by atoms with Crippen LogP contribution in [0, 0.1) is 5.41 Å². The molecule has 0 saturated heterocycles. The number of methoxy groups -OCH3 is 2. The van der Waals surface area contributed by atoms with E-state index in [1.54, 1.807) is 27.2 Å². The maximum atomic E-state index is 13.2. The molecule has 1 heterocycles. The van der Waals surface area contributed by atoms with Gasteiger partial charge in [0, 0.05) is 35.0 Å². The molecule has 0 spiro atoms. The van der Waals surface area contributed by atoms with Gasteiger partial charge in [-0.1, -0.05) is 19.9 Å². The second kappa shape index (κ2) is 7.93. The second-order valence-electron chi connectivity index (χ2n) is 8.26. The van der Waals surface area contributed by atoms with Crippen molar-refractivity contribution in [2.24, 2.45) is 5.41 Å². The standard InChI is InChI=1S/C23H29NO5/c1-7-29-22(26)19-13(2)24-16-11-23(3,4)12-17(25)21(16)20(19)15-9-8-14(27-5)10-18(15)28-6/h8-10,20,24H,7,11-12H2,1-6H3/t20-/m0/s1. The van der Waals surface area contributed by atoms with Gasteiger partial charge in [-0.15, -0.1) is 0 Å². The van der Waals surface area contributed by atoms with Crippen molar-refractivity contribution in [2.45, 2.75) is 46.5 Å². The van der Waals surface area contributed by atoms with Gasteiger partial charge < -0.3 is 19.5 Å². The minimum atomic E-state index is -0.547. The predicted molar refractivity (Wildman–Crippen MR) is 110 cm³/mol. The molecule has 1 aliphatic carbocycles. The molecule has 0 unspecified atom stereocenters. The zero-order valence-electron chi connectivity index (χ0n) is 18.0. The molecule has 0 radical (unpaired) electrons. The number of carbonyl (C=O) groups excluding carboxylic acids is 2. The summed E-state index contributed by atoms with van der Waals surface area (Å²) >= 11 is 0. The first-order chi connectivity index (χ1) is 13.7. The van der Waals surface area contributed by atoms with Crippen molar-refractivity contribution in [3.63, 3.8) is 0 Å². The number of hydrogen-bond donors (Lipinski definition) is 1. The Kier molecular flexibility index (Phi) is 5.73. The molecule has 0 aromatic heterocycles. The van der Waals surface area contributed by atoms with Gasteiger partial charge in [0.05, 0.1) is 32.3 Å². The van der Waals surface area contributed by atoms with Crippen molar-refractivity contribution in [1.82, 2.24) is 5.32 Å². The number of Topliss-reactive ketones (excluding diaryl/α,β-unsaturated/α-hetero) is 1. The van der Waals surface area contributed by atoms with E-state index in [1.807, 2.05) is 19.1 Å². The predicted octanol–water partition coefficient (Wildman–Crippen LogP) is 3.87. The number of nitrogens with one attached hydrogen (secondary N) is 1. The molecule has 0 bridgehead atoms. The summed E-state index contributed by atoms with van der Waals surface area (Å²) in [6.45, 7) is 8.05. The van der Waals surface area contributed by atoms with E-state index in [9.17, 15) is 9.59 Å². The van der Waals surface area contributed by atoms with E-state index in [0.717, 1.165) is 17.7 Å². The summed E-state index contributed by atoms with van der Waals surface area (Å²) < 4.78 is 16.3. The highest BCUT2D eigenvalue weighted by Gasteiger charge is 2.44. The summed E-state index contributed by atoms with van der Waals surface area (Å²) in [5, 5.41) is 3.33. The normalized spacial score (nSPS) is 20.8. The fraction of sp³-hybridized carbons (Fsp3) is 0.478. The highest BCUT2D eigenvalue weighted by atomic mass is 16.5. The fourth-order valence-corrected chi connectivity index (χ4v) is 4.28. The Hall–Kier alpha value is -2.76. The summed E-state index contributed by atoms with van der Waals surface area (Å²) in [4.78, 5) is 26.1. The SMILES string of the molecule is CCOC(=O)C1=C(C)NC2=C(C(=O)CC(C)(C)C2)[C@H]1c1ccc(OC)cc1OC. The number of esters is 1. The maximum Gasteiger partial charge on any atom is 0.336 e. The van der Waals surface area contributed by atoms with Crippen LogP contribution in [0.25, 0.3) is 0 Å². The Bertz CT molecular complexity index is 910. The minimum absolute atomic E-state index is 0.0425. The molecular weight excluding hydrogens is 370 g/mol. The van der Waals surface area contributed by atoms with Crippen molar-refractivity contribution in [1.29, 1.82) is 0 Å². The topological polar surface area (TPSA) is 73.9 Å². The monoisotopic (exact) mass is 399 g/mol. The van der Waals surface area contributed by atoms with E-state index in [4.69, 9.17) is 14.2 Å². The Morgan fingerprint density at radius 2 is 1.93 bits per heavy atom. The van der Waals surface area contributed by atoms with Gasteiger partial charge in [0.15, 0.2) is 5.78 Å². The van der Waals surface area contributed by atoms with Crippen molar-refractivity contribution < 1.29 is 23.8 Å². The summed E-state index contributed by atoms with van der Waals surface area (Å²) in [7, 11) is 3.15. The van der Waals surface area contributed by atoms with Gasteiger partial charge in [0.1, 0.15) is 11.5 Å². The highest BCUT2D eigenvalue weighted by molar-refractivity contribution is 6.04. The largest absolute Gasteiger partial charge is 0.497 e. The summed E-state index contributed by atoms with van der Waals surface area (Å²) in [5.41, 5.74) is 3.26. The number of rotatable bonds is 5. The number of allylic oxidation sites excluding steroid dienone is 3. The number of hydrogen-bond acceptors (Lipinski definition) is 6. The average molecular weight is 399 g/mol. The van der Waals surface area contributed by atoms with E-state index in [2.05, 4.69) is 19.2 Å². The number of ether oxygens (including phenoxy) is 3. The summed E-state index contributed by atoms with van der Waals surface area (Å²) in [5.74, 6) is 0.277. The Balaban J connectivity index is 2.23. The molecule has 29 heavy (non-hydrogen) atoms. The number of carbonyl (C=O) groups is 2. The van der Waals surface area contributed by atoms with E-state index in [-0.39, 0.29) is 17.8 Å². The van der Waals surface area contributed by atoms with E-state index in [0.29, 0.717) is 34.8 Å². The molecule has 3 rings (SSSR count).